The summed E-state index contributed by atoms with van der Waals surface area (Å²) in [4.78, 5) is 0. The van der Waals surface area contributed by atoms with Gasteiger partial charge in [0.1, 0.15) is 6.04 Å². The number of hydrogen-bond acceptors (Lipinski definition) is 2. The lowest BCUT2D eigenvalue weighted by molar-refractivity contribution is -0.142. The first kappa shape index (κ1) is 10.1. The molecule has 0 amide bonds. The van der Waals surface area contributed by atoms with Gasteiger partial charge in [-0.05, 0) is 18.6 Å². The minimum atomic E-state index is -4.20. The molecule has 5 heteroatoms. The molecule has 1 aromatic carbocycles. The van der Waals surface area contributed by atoms with Crippen molar-refractivity contribution in [2.45, 2.75) is 18.6 Å². The first-order valence-corrected chi connectivity index (χ1v) is 4.73. The Morgan fingerprint density at radius 1 is 1.13 bits per heavy atom. The smallest absolute Gasteiger partial charge is 0.383 e. The summed E-state index contributed by atoms with van der Waals surface area (Å²) in [6, 6.07) is 5.45. The van der Waals surface area contributed by atoms with Crippen molar-refractivity contribution in [1.29, 1.82) is 0 Å². The fraction of sp³-hybridized carbons (Fsp3) is 0.400. The molecule has 1 aliphatic heterocycles. The number of benzene rings is 1. The fourth-order valence-electron chi connectivity index (χ4n) is 1.62. The molecule has 0 fully saturated rings. The molecule has 1 aromatic rings. The van der Waals surface area contributed by atoms with E-state index >= 15 is 0 Å². The quantitative estimate of drug-likeness (QED) is 0.696. The van der Waals surface area contributed by atoms with Crippen LogP contribution in [-0.2, 0) is 0 Å². The number of anilines is 2. The Kier molecular flexibility index (Phi) is 2.46. The van der Waals surface area contributed by atoms with E-state index in [1.54, 1.807) is 24.3 Å². The monoisotopic (exact) mass is 216 g/mol. The number of halogens is 3. The lowest BCUT2D eigenvalue weighted by Crippen LogP contribution is -2.36. The number of nitrogens with one attached hydrogen (secondary N) is 2. The molecule has 1 aliphatic rings. The molecular weight excluding hydrogens is 205 g/mol. The van der Waals surface area contributed by atoms with E-state index in [0.29, 0.717) is 12.2 Å². The summed E-state index contributed by atoms with van der Waals surface area (Å²) < 4.78 is 37.6. The van der Waals surface area contributed by atoms with Crippen molar-refractivity contribution < 1.29 is 13.2 Å². The molecule has 2 rings (SSSR count). The normalized spacial score (nSPS) is 20.9. The predicted octanol–water partition coefficient (Wildman–Crippen LogP) is 2.85. The number of fused-ring (bicyclic) bond motifs is 1. The maximum absolute atomic E-state index is 12.5. The molecule has 1 unspecified atom stereocenters. The van der Waals surface area contributed by atoms with Gasteiger partial charge in [-0.1, -0.05) is 12.1 Å². The second-order valence-corrected chi connectivity index (χ2v) is 3.50. The van der Waals surface area contributed by atoms with Crippen molar-refractivity contribution in [1.82, 2.24) is 0 Å². The van der Waals surface area contributed by atoms with E-state index in [-0.39, 0.29) is 6.42 Å². The van der Waals surface area contributed by atoms with Crippen LogP contribution in [0, 0.1) is 0 Å². The van der Waals surface area contributed by atoms with Gasteiger partial charge in [-0.25, -0.2) is 0 Å². The Morgan fingerprint density at radius 3 is 2.47 bits per heavy atom. The molecule has 2 N–H and O–H groups in total. The molecule has 1 heterocycles. The number of hydrogen-bond donors (Lipinski definition) is 2. The van der Waals surface area contributed by atoms with Crippen molar-refractivity contribution in [3.63, 3.8) is 0 Å². The van der Waals surface area contributed by atoms with E-state index in [0.717, 1.165) is 5.69 Å². The third-order valence-electron chi connectivity index (χ3n) is 2.40. The minimum absolute atomic E-state index is 0.0399. The molecule has 82 valence electrons. The Morgan fingerprint density at radius 2 is 1.80 bits per heavy atom. The molecule has 2 nitrogen and oxygen atoms in total. The lowest BCUT2D eigenvalue weighted by atomic mass is 10.2. The van der Waals surface area contributed by atoms with Gasteiger partial charge in [0, 0.05) is 6.54 Å². The van der Waals surface area contributed by atoms with Gasteiger partial charge in [0.2, 0.25) is 0 Å². The Labute approximate surface area is 85.5 Å². The van der Waals surface area contributed by atoms with Gasteiger partial charge in [-0.2, -0.15) is 13.2 Å². The summed E-state index contributed by atoms with van der Waals surface area (Å²) in [5.74, 6) is 0. The van der Waals surface area contributed by atoms with Gasteiger partial charge in [-0.3, -0.25) is 0 Å². The van der Waals surface area contributed by atoms with Crippen LogP contribution < -0.4 is 10.6 Å². The van der Waals surface area contributed by atoms with Crippen molar-refractivity contribution in [3.05, 3.63) is 24.3 Å². The van der Waals surface area contributed by atoms with Crippen LogP contribution in [0.1, 0.15) is 6.42 Å². The average molecular weight is 216 g/mol. The van der Waals surface area contributed by atoms with Crippen LogP contribution in [0.15, 0.2) is 24.3 Å². The van der Waals surface area contributed by atoms with Crippen LogP contribution >= 0.6 is 0 Å². The molecule has 0 aromatic heterocycles. The maximum atomic E-state index is 12.5. The molecule has 0 radical (unpaired) electrons. The molecule has 0 saturated carbocycles. The van der Waals surface area contributed by atoms with Crippen LogP contribution in [-0.4, -0.2) is 18.8 Å². The van der Waals surface area contributed by atoms with Crippen molar-refractivity contribution >= 4 is 11.4 Å². The molecule has 0 spiro atoms. The summed E-state index contributed by atoms with van der Waals surface area (Å²) in [5.41, 5.74) is 1.24. The zero-order valence-corrected chi connectivity index (χ0v) is 7.93. The van der Waals surface area contributed by atoms with Gasteiger partial charge in [-0.15, -0.1) is 0 Å². The van der Waals surface area contributed by atoms with Crippen molar-refractivity contribution in [2.75, 3.05) is 17.2 Å². The first-order chi connectivity index (χ1) is 7.07. The second-order valence-electron chi connectivity index (χ2n) is 3.50. The largest absolute Gasteiger partial charge is 0.408 e. The Hall–Kier alpha value is -1.39. The summed E-state index contributed by atoms with van der Waals surface area (Å²) >= 11 is 0. The van der Waals surface area contributed by atoms with E-state index in [1.165, 1.54) is 0 Å². The van der Waals surface area contributed by atoms with Crippen LogP contribution in [0.5, 0.6) is 0 Å². The summed E-state index contributed by atoms with van der Waals surface area (Å²) in [5, 5.41) is 5.48. The highest BCUT2D eigenvalue weighted by molar-refractivity contribution is 5.69. The molecule has 0 aliphatic carbocycles. The highest BCUT2D eigenvalue weighted by atomic mass is 19.4. The fourth-order valence-corrected chi connectivity index (χ4v) is 1.62. The van der Waals surface area contributed by atoms with Gasteiger partial charge in [0.15, 0.2) is 0 Å². The van der Waals surface area contributed by atoms with E-state index in [1.807, 2.05) is 0 Å². The third kappa shape index (κ3) is 2.16. The lowest BCUT2D eigenvalue weighted by Gasteiger charge is -2.20. The molecule has 0 bridgehead atoms. The van der Waals surface area contributed by atoms with E-state index in [9.17, 15) is 13.2 Å². The summed E-state index contributed by atoms with van der Waals surface area (Å²) in [7, 11) is 0. The van der Waals surface area contributed by atoms with Gasteiger partial charge in [0.25, 0.3) is 0 Å². The second kappa shape index (κ2) is 3.64. The third-order valence-corrected chi connectivity index (χ3v) is 2.40. The summed E-state index contributed by atoms with van der Waals surface area (Å²) in [6.07, 6.45) is -4.16. The van der Waals surface area contributed by atoms with Crippen molar-refractivity contribution in [3.8, 4) is 0 Å². The topological polar surface area (TPSA) is 24.1 Å². The molecule has 0 saturated heterocycles. The zero-order valence-electron chi connectivity index (χ0n) is 7.93. The van der Waals surface area contributed by atoms with E-state index in [2.05, 4.69) is 10.6 Å². The minimum Gasteiger partial charge on any atom is -0.383 e. The van der Waals surface area contributed by atoms with Gasteiger partial charge < -0.3 is 10.6 Å². The van der Waals surface area contributed by atoms with Crippen molar-refractivity contribution in [2.24, 2.45) is 0 Å². The summed E-state index contributed by atoms with van der Waals surface area (Å²) in [6.45, 7) is 0.328. The van der Waals surface area contributed by atoms with E-state index in [4.69, 9.17) is 0 Å². The van der Waals surface area contributed by atoms with Gasteiger partial charge >= 0.3 is 6.18 Å². The van der Waals surface area contributed by atoms with Crippen LogP contribution in [0.3, 0.4) is 0 Å². The molecule has 1 atom stereocenters. The van der Waals surface area contributed by atoms with Gasteiger partial charge in [0.05, 0.1) is 11.4 Å². The Balaban J connectivity index is 2.25. The predicted molar refractivity (Wildman–Crippen MR) is 53.0 cm³/mol. The highest BCUT2D eigenvalue weighted by Gasteiger charge is 2.40. The SMILES string of the molecule is FC(F)(F)C1CCNc2ccccc2N1. The number of rotatable bonds is 0. The number of alkyl halides is 3. The molecule has 15 heavy (non-hydrogen) atoms. The standard InChI is InChI=1S/C10H11F3N2/c11-10(12,13)9-5-6-14-7-3-1-2-4-8(7)15-9/h1-4,9,14-15H,5-6H2. The van der Waals surface area contributed by atoms with Crippen LogP contribution in [0.2, 0.25) is 0 Å². The van der Waals surface area contributed by atoms with Crippen LogP contribution in [0.4, 0.5) is 24.5 Å². The average Bonchev–Trinajstić information content (AvgIpc) is 2.38. The maximum Gasteiger partial charge on any atom is 0.408 e. The molecular formula is C10H11F3N2. The number of para-hydroxylation sites is 2. The van der Waals surface area contributed by atoms with E-state index < -0.39 is 12.2 Å². The Bertz CT molecular complexity index is 349. The first-order valence-electron chi connectivity index (χ1n) is 4.73. The highest BCUT2D eigenvalue weighted by Crippen LogP contribution is 2.31. The van der Waals surface area contributed by atoms with Crippen LogP contribution in [0.25, 0.3) is 0 Å². The zero-order chi connectivity index (χ0) is 10.9.